The summed E-state index contributed by atoms with van der Waals surface area (Å²) >= 11 is 0. The van der Waals surface area contributed by atoms with Gasteiger partial charge in [-0.05, 0) is 214 Å². The first-order valence-corrected chi connectivity index (χ1v) is 43.6. The lowest BCUT2D eigenvalue weighted by Crippen LogP contribution is -2.42. The van der Waals surface area contributed by atoms with E-state index in [0.29, 0.717) is 40.1 Å². The summed E-state index contributed by atoms with van der Waals surface area (Å²) in [4.78, 5) is 48.4. The second kappa shape index (κ2) is 32.4. The molecule has 129 heavy (non-hydrogen) atoms. The maximum atomic E-state index is 8.74. The van der Waals surface area contributed by atoms with E-state index in [4.69, 9.17) is 27.6 Å². The Balaban J connectivity index is 0.000000101. The summed E-state index contributed by atoms with van der Waals surface area (Å²) in [6.07, 6.45) is 18.8. The van der Waals surface area contributed by atoms with E-state index in [1.54, 1.807) is 31.0 Å². The Labute approximate surface area is 753 Å². The van der Waals surface area contributed by atoms with E-state index in [9.17, 15) is 0 Å². The van der Waals surface area contributed by atoms with Gasteiger partial charge in [-0.15, -0.1) is 0 Å². The second-order valence-electron chi connectivity index (χ2n) is 33.5. The number of aromatic nitrogens is 6. The van der Waals surface area contributed by atoms with Gasteiger partial charge in [-0.1, -0.05) is 140 Å². The van der Waals surface area contributed by atoms with Gasteiger partial charge >= 0.3 is 0 Å². The molecule has 21 nitrogen and oxygen atoms in total. The molecule has 25 rings (SSSR count). The van der Waals surface area contributed by atoms with Gasteiger partial charge in [0, 0.05) is 151 Å². The van der Waals surface area contributed by atoms with Gasteiger partial charge in [0.1, 0.15) is 36.4 Å². The van der Waals surface area contributed by atoms with Crippen LogP contribution in [0.15, 0.2) is 327 Å². The summed E-state index contributed by atoms with van der Waals surface area (Å²) in [5, 5.41) is 10.6. The largest absolute Gasteiger partial charge is 0.454 e. The summed E-state index contributed by atoms with van der Waals surface area (Å²) in [7, 11) is 4.22. The Morgan fingerprint density at radius 3 is 1.14 bits per heavy atom. The van der Waals surface area contributed by atoms with E-state index in [0.717, 1.165) is 116 Å². The molecule has 0 fully saturated rings. The van der Waals surface area contributed by atoms with E-state index in [1.807, 2.05) is 85.5 Å². The van der Waals surface area contributed by atoms with E-state index in [2.05, 4.69) is 339 Å². The first kappa shape index (κ1) is 75.9. The van der Waals surface area contributed by atoms with E-state index in [1.165, 1.54) is 74.4 Å². The highest BCUT2D eigenvalue weighted by Gasteiger charge is 2.42. The molecule has 21 heteroatoms. The van der Waals surface area contributed by atoms with Crippen LogP contribution in [0, 0.1) is 34.6 Å². The fourth-order valence-corrected chi connectivity index (χ4v) is 19.4. The normalized spacial score (nSPS) is 17.9. The van der Waals surface area contributed by atoms with Gasteiger partial charge in [0.15, 0.2) is 39.6 Å². The number of para-hydroxylation sites is 7. The Morgan fingerprint density at radius 2 is 0.659 bits per heavy atom. The molecule has 640 valence electrons. The lowest BCUT2D eigenvalue weighted by Gasteiger charge is -2.32. The third kappa shape index (κ3) is 13.4. The van der Waals surface area contributed by atoms with Gasteiger partial charge in [-0.2, -0.15) is 0 Å². The van der Waals surface area contributed by atoms with E-state index in [-0.39, 0.29) is 24.7 Å². The molecule has 20 aromatic rings. The molecule has 10 aromatic carbocycles. The van der Waals surface area contributed by atoms with Crippen LogP contribution in [0.1, 0.15) is 81.7 Å². The minimum Gasteiger partial charge on any atom is -0.454 e. The highest BCUT2D eigenvalue weighted by molar-refractivity contribution is 6.15. The van der Waals surface area contributed by atoms with Crippen LogP contribution < -0.4 is 44.1 Å². The van der Waals surface area contributed by atoms with Crippen LogP contribution in [0.4, 0.5) is 74.2 Å². The van der Waals surface area contributed by atoms with Crippen molar-refractivity contribution in [2.75, 3.05) is 58.2 Å². The number of hydrogen-bond acceptors (Lipinski definition) is 21. The highest BCUT2D eigenvalue weighted by Crippen LogP contribution is 2.54. The molecule has 0 saturated carbocycles. The zero-order valence-corrected chi connectivity index (χ0v) is 74.0. The van der Waals surface area contributed by atoms with Gasteiger partial charge in [-0.3, -0.25) is 4.90 Å². The van der Waals surface area contributed by atoms with Crippen molar-refractivity contribution in [2.24, 2.45) is 0 Å². The molecule has 6 atom stereocenters. The van der Waals surface area contributed by atoms with Gasteiger partial charge in [0.2, 0.25) is 22.9 Å². The molecule has 0 bridgehead atoms. The second-order valence-corrected chi connectivity index (χ2v) is 33.5. The van der Waals surface area contributed by atoms with Gasteiger partial charge < -0.3 is 66.2 Å². The van der Waals surface area contributed by atoms with Crippen LogP contribution in [0.2, 0.25) is 0 Å². The lowest BCUT2D eigenvalue weighted by atomic mass is 10.1. The van der Waals surface area contributed by atoms with Gasteiger partial charge in [0.25, 0.3) is 0 Å². The number of benzene rings is 10. The van der Waals surface area contributed by atoms with Crippen LogP contribution in [0.25, 0.3) is 110 Å². The maximum Gasteiger partial charge on any atom is 0.227 e. The van der Waals surface area contributed by atoms with E-state index >= 15 is 0 Å². The van der Waals surface area contributed by atoms with Crippen molar-refractivity contribution in [1.29, 1.82) is 0 Å². The third-order valence-electron chi connectivity index (χ3n) is 25.9. The van der Waals surface area contributed by atoms with Crippen LogP contribution in [-0.2, 0) is 0 Å². The Kier molecular flexibility index (Phi) is 19.1. The Morgan fingerprint density at radius 1 is 0.295 bits per heavy atom. The number of pyridine rings is 4. The number of nitrogens with zero attached hydrogens (tertiary/aromatic N) is 16. The molecule has 0 aliphatic carbocycles. The predicted octanol–water partition coefficient (Wildman–Crippen LogP) is 26.8. The molecular formula is C108H98N16O5. The van der Waals surface area contributed by atoms with Crippen LogP contribution in [0.3, 0.4) is 0 Å². The van der Waals surface area contributed by atoms with Crippen molar-refractivity contribution in [1.82, 2.24) is 34.8 Å². The molecule has 0 amide bonds. The number of aryl methyl sites for hydroxylation is 5. The molecule has 5 aliphatic heterocycles. The number of hydrogen-bond donors (Lipinski definition) is 0. The molecule has 15 heterocycles. The van der Waals surface area contributed by atoms with Crippen molar-refractivity contribution in [3.63, 3.8) is 0 Å². The molecular weight excluding hydrogens is 1600 g/mol. The number of rotatable bonds is 8. The lowest BCUT2D eigenvalue weighted by molar-refractivity contribution is 0.383. The zero-order valence-electron chi connectivity index (χ0n) is 78.0. The topological polar surface area (TPSA) is 175 Å². The van der Waals surface area contributed by atoms with Gasteiger partial charge in [0.05, 0.1) is 52.6 Å². The fraction of sp³-hybridized carbons (Fsp3) is 0.185. The van der Waals surface area contributed by atoms with E-state index < -0.39 is 19.0 Å². The van der Waals surface area contributed by atoms with Crippen LogP contribution >= 0.6 is 0 Å². The molecule has 0 radical (unpaired) electrons. The molecule has 10 aromatic heterocycles. The molecule has 0 N–H and O–H groups in total. The number of furan rings is 5. The average molecular weight is 1700 g/mol. The standard InChI is InChI=1S/C26H21N3O.C22H22N4O.C22H19N3O.C21H19N3O.C17H17N3O/c1-17-14-15-20-21-11-8-16-27-26(21)30-25(20)24(17)29-18(2)28(19-9-4-3-5-10-19)22-12-6-7-13-23(22)29;1-13(2)25-15(4)26(22-21(25)23-11-12-24-22)19-14(3)9-10-17-16-7-5-6-8-18(16)27-20(17)19;1-15-10-11-18-19-9-6-12-23-22(19)26-21(18)20(15)25-14-13-24(16(25)2)17-7-4-3-5-8-17;1-13-10-11-15-16-7-6-12-22-21(16)25-20(15)19(13)24-14(2)23(3)17-8-4-5-9-18(17)24;1-11-6-7-13-14-5-4-8-18-17(14)21-16(13)15(11)20-10-9-19(3)12(20)2/h3-16,18H,1-2H3;5-13,15H,1-4H3;3-14,16H,1-2H3;4-12,14H,1-3H3;4-10,12H,1-3H3/t18-;15-;16-;14-;12-/m00000/s1/i;1D3,13D;;;/t;13?,15-;;;. The number of fused-ring (bicyclic) bond motifs is 18. The highest BCUT2D eigenvalue weighted by atomic mass is 16.4. The average Bonchev–Trinajstić information content (AvgIpc) is 1.56. The van der Waals surface area contributed by atoms with Crippen molar-refractivity contribution in [3.05, 3.63) is 332 Å². The number of anilines is 13. The van der Waals surface area contributed by atoms with Gasteiger partial charge in [-0.25, -0.2) is 29.9 Å². The van der Waals surface area contributed by atoms with Crippen LogP contribution in [-0.4, -0.2) is 85.7 Å². The summed E-state index contributed by atoms with van der Waals surface area (Å²) in [5.41, 5.74) is 26.0. The summed E-state index contributed by atoms with van der Waals surface area (Å²) in [5.74, 6) is 0.880. The first-order valence-electron chi connectivity index (χ1n) is 45.6. The predicted molar refractivity (Wildman–Crippen MR) is 527 cm³/mol. The molecule has 0 spiro atoms. The first-order chi connectivity index (χ1) is 64.4. The van der Waals surface area contributed by atoms with Crippen LogP contribution in [0.5, 0.6) is 0 Å². The van der Waals surface area contributed by atoms with Crippen molar-refractivity contribution in [2.45, 2.75) is 120 Å². The Bertz CT molecular complexity index is 7970. The van der Waals surface area contributed by atoms with Crippen molar-refractivity contribution < 1.29 is 27.6 Å². The maximum absolute atomic E-state index is 8.74. The minimum absolute atomic E-state index is 0.0928. The summed E-state index contributed by atoms with van der Waals surface area (Å²) < 4.78 is 63.6. The SMILES string of the molecule is Cc1ccc2c(oc3ncccc32)c1N1C=CN(C)[C@@H]1C.Cc1ccc2c(oc3ncccc32)c1N1C=CN(c2ccccc2)[C@@H]1C.Cc1ccc2c(oc3ncccc32)c1N1c2ccccc2N(C)[C@@H]1C.Cc1ccc2c(oc3ncccc32)c1N1c2ccccc2N(c2ccccc2)[C@@H]1C.[2H]C([2H])([2H])C([2H])(C)N1c2nccnc2N(c2c(C)ccc3c2oc2ccccc23)[C@H]1C. The molecule has 5 aliphatic rings. The Hall–Kier alpha value is -15.6. The smallest absolute Gasteiger partial charge is 0.227 e. The zero-order chi connectivity index (χ0) is 91.7. The minimum atomic E-state index is -2.55. The van der Waals surface area contributed by atoms with Crippen molar-refractivity contribution in [3.8, 4) is 0 Å². The summed E-state index contributed by atoms with van der Waals surface area (Å²) in [6.45, 7) is 20.1. The molecule has 1 unspecified atom stereocenters. The summed E-state index contributed by atoms with van der Waals surface area (Å²) in [6, 6.07) is 81.4. The third-order valence-corrected chi connectivity index (χ3v) is 25.9. The van der Waals surface area contributed by atoms with Crippen molar-refractivity contribution >= 4 is 184 Å². The molecule has 0 saturated heterocycles. The fourth-order valence-electron chi connectivity index (χ4n) is 19.4. The monoisotopic (exact) mass is 1700 g/mol. The quantitative estimate of drug-likeness (QED) is 0.140.